The molecule has 2 aromatic heterocycles. The van der Waals surface area contributed by atoms with Crippen LogP contribution in [0.4, 0.5) is 20.3 Å². The quantitative estimate of drug-likeness (QED) is 0.627. The van der Waals surface area contributed by atoms with Gasteiger partial charge >= 0.3 is 0 Å². The normalized spacial score (nSPS) is 14.3. The minimum absolute atomic E-state index is 0.0678. The molecule has 0 N–H and O–H groups in total. The number of pyridine rings is 1. The average molecular weight is 438 g/mol. The lowest BCUT2D eigenvalue weighted by Gasteiger charge is -2.36. The molecule has 3 heterocycles. The third-order valence-electron chi connectivity index (χ3n) is 4.69. The summed E-state index contributed by atoms with van der Waals surface area (Å²) in [5.74, 6) is -0.817. The number of rotatable bonds is 3. The highest BCUT2D eigenvalue weighted by Gasteiger charge is 2.23. The monoisotopic (exact) mass is 437 g/mol. The van der Waals surface area contributed by atoms with Crippen molar-refractivity contribution in [2.24, 2.45) is 0 Å². The van der Waals surface area contributed by atoms with E-state index in [1.807, 2.05) is 11.0 Å². The van der Waals surface area contributed by atoms with Crippen LogP contribution in [0.1, 0.15) is 0 Å². The van der Waals surface area contributed by atoms with Crippen molar-refractivity contribution in [1.82, 2.24) is 14.8 Å². The second-order valence-electron chi connectivity index (χ2n) is 6.47. The summed E-state index contributed by atoms with van der Waals surface area (Å²) in [4.78, 5) is 21.0. The van der Waals surface area contributed by atoms with Gasteiger partial charge in [0.25, 0.3) is 5.56 Å². The van der Waals surface area contributed by atoms with Crippen molar-refractivity contribution in [1.29, 1.82) is 0 Å². The van der Waals surface area contributed by atoms with Crippen LogP contribution in [0.3, 0.4) is 0 Å². The zero-order valence-electron chi connectivity index (χ0n) is 15.0. The van der Waals surface area contributed by atoms with Gasteiger partial charge in [0.15, 0.2) is 5.82 Å². The van der Waals surface area contributed by atoms with Gasteiger partial charge in [-0.25, -0.2) is 13.8 Å². The van der Waals surface area contributed by atoms with Crippen LogP contribution in [-0.4, -0.2) is 40.9 Å². The zero-order valence-corrected chi connectivity index (χ0v) is 16.5. The highest BCUT2D eigenvalue weighted by molar-refractivity contribution is 6.33. The third kappa shape index (κ3) is 3.90. The minimum atomic E-state index is -0.896. The number of hydrogen-bond acceptors (Lipinski definition) is 5. The van der Waals surface area contributed by atoms with Gasteiger partial charge in [0, 0.05) is 38.4 Å². The smallest absolute Gasteiger partial charge is 0.292 e. The van der Waals surface area contributed by atoms with Crippen molar-refractivity contribution in [2.45, 2.75) is 0 Å². The van der Waals surface area contributed by atoms with Crippen molar-refractivity contribution >= 4 is 34.7 Å². The summed E-state index contributed by atoms with van der Waals surface area (Å²) in [6, 6.07) is 6.52. The summed E-state index contributed by atoms with van der Waals surface area (Å²) in [7, 11) is 0. The molecule has 1 aliphatic heterocycles. The molecule has 10 heteroatoms. The van der Waals surface area contributed by atoms with E-state index < -0.39 is 17.2 Å². The molecule has 6 nitrogen and oxygen atoms in total. The van der Waals surface area contributed by atoms with Crippen LogP contribution >= 0.6 is 23.2 Å². The maximum atomic E-state index is 14.0. The molecule has 1 fully saturated rings. The Morgan fingerprint density at radius 2 is 1.62 bits per heavy atom. The van der Waals surface area contributed by atoms with Gasteiger partial charge in [0.05, 0.1) is 16.9 Å². The first-order valence-electron chi connectivity index (χ1n) is 8.79. The maximum Gasteiger partial charge on any atom is 0.292 e. The van der Waals surface area contributed by atoms with E-state index in [-0.39, 0.29) is 10.7 Å². The predicted octanol–water partition coefficient (Wildman–Crippen LogP) is 3.54. The van der Waals surface area contributed by atoms with Gasteiger partial charge in [-0.1, -0.05) is 23.2 Å². The zero-order chi connectivity index (χ0) is 20.5. The Labute approximate surface area is 174 Å². The van der Waals surface area contributed by atoms with Gasteiger partial charge in [0.2, 0.25) is 0 Å². The van der Waals surface area contributed by atoms with Crippen molar-refractivity contribution in [3.05, 3.63) is 74.8 Å². The van der Waals surface area contributed by atoms with Gasteiger partial charge in [-0.05, 0) is 24.3 Å². The Balaban J connectivity index is 1.55. The highest BCUT2D eigenvalue weighted by Crippen LogP contribution is 2.25. The third-order valence-corrected chi connectivity index (χ3v) is 5.27. The lowest BCUT2D eigenvalue weighted by molar-refractivity contribution is 0.570. The average Bonchev–Trinajstić information content (AvgIpc) is 2.71. The Kier molecular flexibility index (Phi) is 5.38. The van der Waals surface area contributed by atoms with E-state index in [0.29, 0.717) is 43.0 Å². The molecule has 0 spiro atoms. The Morgan fingerprint density at radius 1 is 0.897 bits per heavy atom. The van der Waals surface area contributed by atoms with E-state index >= 15 is 0 Å². The molecular weight excluding hydrogens is 423 g/mol. The minimum Gasteiger partial charge on any atom is -0.365 e. The number of anilines is 2. The van der Waals surface area contributed by atoms with E-state index in [4.69, 9.17) is 23.2 Å². The largest absolute Gasteiger partial charge is 0.365 e. The molecule has 1 aromatic carbocycles. The molecular formula is C19H15Cl2F2N5O. The van der Waals surface area contributed by atoms with E-state index in [1.54, 1.807) is 12.3 Å². The van der Waals surface area contributed by atoms with Crippen LogP contribution in [0, 0.1) is 11.6 Å². The lowest BCUT2D eigenvalue weighted by Crippen LogP contribution is -2.47. The second-order valence-corrected chi connectivity index (χ2v) is 7.28. The Bertz CT molecular complexity index is 1100. The summed E-state index contributed by atoms with van der Waals surface area (Å²) < 4.78 is 28.0. The Hall–Kier alpha value is -2.71. The number of benzene rings is 1. The second kappa shape index (κ2) is 7.96. The molecule has 0 saturated carbocycles. The number of piperazine rings is 1. The molecule has 1 saturated heterocycles. The standard InChI is InChI=1S/C19H15Cl2F2N5O/c20-12-1-4-17(24-10-12)27-7-5-26(6-8-27)16-11-25-28(19(29)18(16)21)15-3-2-13(22)9-14(15)23/h1-4,9-11H,5-8H2. The van der Waals surface area contributed by atoms with Crippen molar-refractivity contribution in [3.8, 4) is 5.69 Å². The van der Waals surface area contributed by atoms with E-state index in [0.717, 1.165) is 22.6 Å². The summed E-state index contributed by atoms with van der Waals surface area (Å²) in [6.07, 6.45) is 3.01. The van der Waals surface area contributed by atoms with Gasteiger partial charge < -0.3 is 9.80 Å². The first-order valence-corrected chi connectivity index (χ1v) is 9.54. The fourth-order valence-electron chi connectivity index (χ4n) is 3.20. The van der Waals surface area contributed by atoms with Crippen molar-refractivity contribution < 1.29 is 8.78 Å². The van der Waals surface area contributed by atoms with Crippen molar-refractivity contribution in [3.63, 3.8) is 0 Å². The van der Waals surface area contributed by atoms with Crippen LogP contribution in [0.2, 0.25) is 10.0 Å². The first kappa shape index (κ1) is 19.6. The van der Waals surface area contributed by atoms with Crippen LogP contribution in [0.15, 0.2) is 47.5 Å². The summed E-state index contributed by atoms with van der Waals surface area (Å²) in [5.41, 5.74) is -0.362. The molecule has 0 radical (unpaired) electrons. The molecule has 0 atom stereocenters. The van der Waals surface area contributed by atoms with E-state index in [9.17, 15) is 13.6 Å². The predicted molar refractivity (Wildman–Crippen MR) is 108 cm³/mol. The topological polar surface area (TPSA) is 54.3 Å². The van der Waals surface area contributed by atoms with Crippen LogP contribution in [-0.2, 0) is 0 Å². The molecule has 0 aliphatic carbocycles. The van der Waals surface area contributed by atoms with E-state index in [1.165, 1.54) is 6.20 Å². The molecule has 0 bridgehead atoms. The number of hydrogen-bond donors (Lipinski definition) is 0. The fraction of sp³-hybridized carbons (Fsp3) is 0.211. The highest BCUT2D eigenvalue weighted by atomic mass is 35.5. The lowest BCUT2D eigenvalue weighted by atomic mass is 10.2. The Morgan fingerprint density at radius 3 is 2.28 bits per heavy atom. The molecule has 150 valence electrons. The SMILES string of the molecule is O=c1c(Cl)c(N2CCN(c3ccc(Cl)cn3)CC2)cnn1-c1ccc(F)cc1F. The number of halogens is 4. The van der Waals surface area contributed by atoms with E-state index in [2.05, 4.69) is 15.0 Å². The molecule has 29 heavy (non-hydrogen) atoms. The summed E-state index contributed by atoms with van der Waals surface area (Å²) in [5, 5.41) is 4.54. The fourth-order valence-corrected chi connectivity index (χ4v) is 3.56. The van der Waals surface area contributed by atoms with Gasteiger partial charge in [0.1, 0.15) is 22.3 Å². The first-order chi connectivity index (χ1) is 13.9. The molecule has 0 unspecified atom stereocenters. The van der Waals surface area contributed by atoms with Crippen LogP contribution in [0.5, 0.6) is 0 Å². The van der Waals surface area contributed by atoms with Gasteiger partial charge in [-0.15, -0.1) is 0 Å². The molecule has 4 rings (SSSR count). The molecule has 0 amide bonds. The molecule has 3 aromatic rings. The van der Waals surface area contributed by atoms with Crippen LogP contribution in [0.25, 0.3) is 5.69 Å². The van der Waals surface area contributed by atoms with Gasteiger partial charge in [-0.2, -0.15) is 9.78 Å². The number of nitrogens with zero attached hydrogens (tertiary/aromatic N) is 5. The van der Waals surface area contributed by atoms with Gasteiger partial charge in [-0.3, -0.25) is 4.79 Å². The molecule has 1 aliphatic rings. The number of aromatic nitrogens is 3. The summed E-state index contributed by atoms with van der Waals surface area (Å²) >= 11 is 12.2. The van der Waals surface area contributed by atoms with Crippen molar-refractivity contribution in [2.75, 3.05) is 36.0 Å². The van der Waals surface area contributed by atoms with Crippen LogP contribution < -0.4 is 15.4 Å². The summed E-state index contributed by atoms with van der Waals surface area (Å²) in [6.45, 7) is 2.53. The maximum absolute atomic E-state index is 14.0.